The standard InChI is InChI=1S/C6H9NO2/c1-2-9-5-3-4-7-6(5)8/h2,5H,1,3-4H2,(H,7,8)/t5-/m1/s1. The fourth-order valence-corrected chi connectivity index (χ4v) is 0.817. The zero-order valence-corrected chi connectivity index (χ0v) is 5.09. The summed E-state index contributed by atoms with van der Waals surface area (Å²) in [6.45, 7) is 4.08. The fraction of sp³-hybridized carbons (Fsp3) is 0.500. The number of carbonyl (C=O) groups excluding carboxylic acids is 1. The summed E-state index contributed by atoms with van der Waals surface area (Å²) in [6.07, 6.45) is 1.77. The topological polar surface area (TPSA) is 38.3 Å². The van der Waals surface area contributed by atoms with Crippen LogP contribution in [0, 0.1) is 0 Å². The highest BCUT2D eigenvalue weighted by atomic mass is 16.5. The molecule has 50 valence electrons. The van der Waals surface area contributed by atoms with Crippen molar-refractivity contribution >= 4 is 5.91 Å². The number of carbonyl (C=O) groups is 1. The molecule has 1 aliphatic rings. The molecular weight excluding hydrogens is 118 g/mol. The summed E-state index contributed by atoms with van der Waals surface area (Å²) in [5, 5.41) is 2.64. The molecule has 0 aliphatic carbocycles. The molecule has 1 N–H and O–H groups in total. The smallest absolute Gasteiger partial charge is 0.261 e. The Morgan fingerprint density at radius 3 is 3.11 bits per heavy atom. The lowest BCUT2D eigenvalue weighted by molar-refractivity contribution is -0.126. The van der Waals surface area contributed by atoms with Gasteiger partial charge in [-0.15, -0.1) is 0 Å². The average molecular weight is 127 g/mol. The van der Waals surface area contributed by atoms with Crippen LogP contribution in [-0.4, -0.2) is 18.6 Å². The van der Waals surface area contributed by atoms with E-state index in [0.717, 1.165) is 13.0 Å². The molecule has 9 heavy (non-hydrogen) atoms. The zero-order chi connectivity index (χ0) is 6.69. The van der Waals surface area contributed by atoms with E-state index in [1.807, 2.05) is 0 Å². The van der Waals surface area contributed by atoms with Crippen molar-refractivity contribution in [3.05, 3.63) is 12.8 Å². The maximum absolute atomic E-state index is 10.7. The maximum atomic E-state index is 10.7. The van der Waals surface area contributed by atoms with Crippen LogP contribution in [-0.2, 0) is 9.53 Å². The van der Waals surface area contributed by atoms with E-state index in [4.69, 9.17) is 4.74 Å². The second kappa shape index (κ2) is 2.53. The van der Waals surface area contributed by atoms with Crippen LogP contribution in [0.2, 0.25) is 0 Å². The van der Waals surface area contributed by atoms with Gasteiger partial charge >= 0.3 is 0 Å². The summed E-state index contributed by atoms with van der Waals surface area (Å²) in [7, 11) is 0. The quantitative estimate of drug-likeness (QED) is 0.532. The molecule has 1 atom stereocenters. The molecule has 0 aromatic carbocycles. The van der Waals surface area contributed by atoms with E-state index in [-0.39, 0.29) is 12.0 Å². The van der Waals surface area contributed by atoms with Crippen LogP contribution in [0.3, 0.4) is 0 Å². The van der Waals surface area contributed by atoms with Gasteiger partial charge < -0.3 is 10.1 Å². The SMILES string of the molecule is C=CO[C@@H]1CCNC1=O. The molecule has 0 aromatic rings. The van der Waals surface area contributed by atoms with Crippen LogP contribution in [0.1, 0.15) is 6.42 Å². The van der Waals surface area contributed by atoms with Gasteiger partial charge in [-0.25, -0.2) is 0 Å². The molecule has 1 rings (SSSR count). The van der Waals surface area contributed by atoms with Crippen molar-refractivity contribution in [1.29, 1.82) is 0 Å². The summed E-state index contributed by atoms with van der Waals surface area (Å²) < 4.78 is 4.87. The highest BCUT2D eigenvalue weighted by molar-refractivity contribution is 5.82. The Morgan fingerprint density at radius 2 is 2.67 bits per heavy atom. The molecule has 1 aliphatic heterocycles. The number of hydrogen-bond acceptors (Lipinski definition) is 2. The molecule has 0 aromatic heterocycles. The maximum Gasteiger partial charge on any atom is 0.261 e. The van der Waals surface area contributed by atoms with E-state index in [2.05, 4.69) is 11.9 Å². The molecule has 3 heteroatoms. The third-order valence-electron chi connectivity index (χ3n) is 1.26. The third kappa shape index (κ3) is 1.22. The van der Waals surface area contributed by atoms with Crippen molar-refractivity contribution < 1.29 is 9.53 Å². The van der Waals surface area contributed by atoms with Gasteiger partial charge in [-0.2, -0.15) is 0 Å². The minimum atomic E-state index is -0.289. The van der Waals surface area contributed by atoms with Crippen molar-refractivity contribution in [2.24, 2.45) is 0 Å². The van der Waals surface area contributed by atoms with Gasteiger partial charge in [-0.05, 0) is 0 Å². The van der Waals surface area contributed by atoms with Crippen molar-refractivity contribution in [2.75, 3.05) is 6.54 Å². The van der Waals surface area contributed by atoms with E-state index in [1.165, 1.54) is 6.26 Å². The van der Waals surface area contributed by atoms with Gasteiger partial charge in [0, 0.05) is 13.0 Å². The first-order chi connectivity index (χ1) is 4.34. The second-order valence-electron chi connectivity index (χ2n) is 1.87. The predicted molar refractivity (Wildman–Crippen MR) is 32.7 cm³/mol. The molecule has 0 spiro atoms. The van der Waals surface area contributed by atoms with E-state index >= 15 is 0 Å². The predicted octanol–water partition coefficient (Wildman–Crippen LogP) is 0.0350. The molecule has 0 radical (unpaired) electrons. The van der Waals surface area contributed by atoms with Gasteiger partial charge in [0.05, 0.1) is 6.26 Å². The van der Waals surface area contributed by atoms with Gasteiger partial charge in [-0.1, -0.05) is 6.58 Å². The normalized spacial score (nSPS) is 25.3. The first-order valence-corrected chi connectivity index (χ1v) is 2.88. The average Bonchev–Trinajstić information content (AvgIpc) is 2.18. The lowest BCUT2D eigenvalue weighted by atomic mass is 10.3. The summed E-state index contributed by atoms with van der Waals surface area (Å²) in [4.78, 5) is 10.7. The molecular formula is C6H9NO2. The summed E-state index contributed by atoms with van der Waals surface area (Å²) in [5.41, 5.74) is 0. The van der Waals surface area contributed by atoms with E-state index in [0.29, 0.717) is 0 Å². The van der Waals surface area contributed by atoms with E-state index < -0.39 is 0 Å². The largest absolute Gasteiger partial charge is 0.489 e. The van der Waals surface area contributed by atoms with E-state index in [9.17, 15) is 4.79 Å². The highest BCUT2D eigenvalue weighted by Gasteiger charge is 2.23. The molecule has 1 amide bonds. The Kier molecular flexibility index (Phi) is 1.72. The van der Waals surface area contributed by atoms with Gasteiger partial charge in [0.25, 0.3) is 5.91 Å². The lowest BCUT2D eigenvalue weighted by Gasteiger charge is -2.03. The molecule has 0 bridgehead atoms. The monoisotopic (exact) mass is 127 g/mol. The van der Waals surface area contributed by atoms with Crippen LogP contribution < -0.4 is 5.32 Å². The van der Waals surface area contributed by atoms with Crippen molar-refractivity contribution in [3.8, 4) is 0 Å². The minimum Gasteiger partial charge on any atom is -0.489 e. The van der Waals surface area contributed by atoms with Crippen LogP contribution >= 0.6 is 0 Å². The Morgan fingerprint density at radius 1 is 1.89 bits per heavy atom. The minimum absolute atomic E-state index is 0.0325. The van der Waals surface area contributed by atoms with E-state index in [1.54, 1.807) is 0 Å². The molecule has 1 fully saturated rings. The molecule has 0 saturated carbocycles. The van der Waals surface area contributed by atoms with Gasteiger partial charge in [-0.3, -0.25) is 4.79 Å². The second-order valence-corrected chi connectivity index (χ2v) is 1.87. The van der Waals surface area contributed by atoms with Crippen molar-refractivity contribution in [3.63, 3.8) is 0 Å². The highest BCUT2D eigenvalue weighted by Crippen LogP contribution is 2.03. The lowest BCUT2D eigenvalue weighted by Crippen LogP contribution is -2.23. The Bertz CT molecular complexity index is 133. The third-order valence-corrected chi connectivity index (χ3v) is 1.26. The van der Waals surface area contributed by atoms with Gasteiger partial charge in [0.1, 0.15) is 0 Å². The zero-order valence-electron chi connectivity index (χ0n) is 5.09. The number of ether oxygens (including phenoxy) is 1. The first kappa shape index (κ1) is 6.13. The molecule has 1 heterocycles. The molecule has 0 unspecified atom stereocenters. The van der Waals surface area contributed by atoms with Crippen LogP contribution in [0.15, 0.2) is 12.8 Å². The Balaban J connectivity index is 2.39. The number of amides is 1. The fourth-order valence-electron chi connectivity index (χ4n) is 0.817. The number of nitrogens with one attached hydrogen (secondary N) is 1. The summed E-state index contributed by atoms with van der Waals surface area (Å²) >= 11 is 0. The Labute approximate surface area is 53.7 Å². The summed E-state index contributed by atoms with van der Waals surface area (Å²) in [5.74, 6) is -0.0325. The van der Waals surface area contributed by atoms with Crippen molar-refractivity contribution in [2.45, 2.75) is 12.5 Å². The number of hydrogen-bond donors (Lipinski definition) is 1. The van der Waals surface area contributed by atoms with Gasteiger partial charge in [0.15, 0.2) is 6.10 Å². The van der Waals surface area contributed by atoms with Crippen LogP contribution in [0.25, 0.3) is 0 Å². The van der Waals surface area contributed by atoms with Crippen molar-refractivity contribution in [1.82, 2.24) is 5.32 Å². The van der Waals surface area contributed by atoms with Gasteiger partial charge in [0.2, 0.25) is 0 Å². The first-order valence-electron chi connectivity index (χ1n) is 2.88. The molecule has 1 saturated heterocycles. The number of rotatable bonds is 2. The summed E-state index contributed by atoms with van der Waals surface area (Å²) in [6, 6.07) is 0. The van der Waals surface area contributed by atoms with Crippen LogP contribution in [0.4, 0.5) is 0 Å². The van der Waals surface area contributed by atoms with Crippen LogP contribution in [0.5, 0.6) is 0 Å². The Hall–Kier alpha value is -0.990. The molecule has 3 nitrogen and oxygen atoms in total.